The zero-order valence-electron chi connectivity index (χ0n) is 15.8. The topological polar surface area (TPSA) is 46.0 Å². The summed E-state index contributed by atoms with van der Waals surface area (Å²) in [5.74, 6) is 1.27. The van der Waals surface area contributed by atoms with Crippen LogP contribution in [0.4, 0.5) is 5.82 Å². The fourth-order valence-electron chi connectivity index (χ4n) is 4.55. The normalized spacial score (nSPS) is 29.0. The predicted octanol–water partition coefficient (Wildman–Crippen LogP) is 0.470. The highest BCUT2D eigenvalue weighted by atomic mass is 16.5. The molecule has 3 aliphatic rings. The lowest BCUT2D eigenvalue weighted by molar-refractivity contribution is -0.103. The van der Waals surface area contributed by atoms with Gasteiger partial charge in [0.25, 0.3) is 0 Å². The first-order valence-corrected chi connectivity index (χ1v) is 9.53. The van der Waals surface area contributed by atoms with Crippen molar-refractivity contribution < 1.29 is 9.47 Å². The number of rotatable bonds is 3. The van der Waals surface area contributed by atoms with Gasteiger partial charge in [0.2, 0.25) is 0 Å². The van der Waals surface area contributed by atoms with E-state index < -0.39 is 0 Å². The number of piperidine rings is 1. The number of aromatic nitrogens is 2. The van der Waals surface area contributed by atoms with Crippen LogP contribution >= 0.6 is 0 Å². The molecule has 0 radical (unpaired) electrons. The van der Waals surface area contributed by atoms with Crippen molar-refractivity contribution in [3.8, 4) is 0 Å². The molecular formula is C18H31N5O2. The lowest BCUT2D eigenvalue weighted by Crippen LogP contribution is -2.58. The molecule has 4 rings (SSSR count). The third kappa shape index (κ3) is 3.43. The Morgan fingerprint density at radius 3 is 2.68 bits per heavy atom. The summed E-state index contributed by atoms with van der Waals surface area (Å²) in [5.41, 5.74) is 2.52. The molecular weight excluding hydrogens is 318 g/mol. The quantitative estimate of drug-likeness (QED) is 0.791. The molecule has 1 aromatic heterocycles. The minimum atomic E-state index is 0.383. The van der Waals surface area contributed by atoms with Gasteiger partial charge in [0.05, 0.1) is 31.6 Å². The lowest BCUT2D eigenvalue weighted by Gasteiger charge is -2.46. The molecule has 1 aromatic rings. The SMILES string of the molecule is Cc1nn(C)c(N2CCOCC2)c1CN1CCO[C@H]2CCN(C)C[C@H]21. The van der Waals surface area contributed by atoms with Gasteiger partial charge >= 0.3 is 0 Å². The summed E-state index contributed by atoms with van der Waals surface area (Å²) < 4.78 is 13.7. The van der Waals surface area contributed by atoms with Gasteiger partial charge in [0.1, 0.15) is 5.82 Å². The van der Waals surface area contributed by atoms with Gasteiger partial charge in [-0.15, -0.1) is 0 Å². The molecule has 7 nitrogen and oxygen atoms in total. The van der Waals surface area contributed by atoms with Crippen LogP contribution in [0.5, 0.6) is 0 Å². The van der Waals surface area contributed by atoms with Crippen molar-refractivity contribution in [1.82, 2.24) is 19.6 Å². The molecule has 0 aliphatic carbocycles. The van der Waals surface area contributed by atoms with Gasteiger partial charge in [-0.1, -0.05) is 0 Å². The van der Waals surface area contributed by atoms with Crippen LogP contribution in [0.2, 0.25) is 0 Å². The Balaban J connectivity index is 1.57. The average Bonchev–Trinajstić information content (AvgIpc) is 2.89. The molecule has 0 N–H and O–H groups in total. The van der Waals surface area contributed by atoms with Gasteiger partial charge in [-0.3, -0.25) is 9.58 Å². The minimum Gasteiger partial charge on any atom is -0.378 e. The van der Waals surface area contributed by atoms with Crippen LogP contribution in [0.1, 0.15) is 17.7 Å². The largest absolute Gasteiger partial charge is 0.378 e. The molecule has 0 bridgehead atoms. The second-order valence-corrected chi connectivity index (χ2v) is 7.61. The number of likely N-dealkylation sites (tertiary alicyclic amines) is 1. The number of hydrogen-bond donors (Lipinski definition) is 0. The molecule has 4 heterocycles. The maximum Gasteiger partial charge on any atom is 0.131 e. The van der Waals surface area contributed by atoms with Crippen LogP contribution in [-0.4, -0.2) is 91.3 Å². The van der Waals surface area contributed by atoms with E-state index in [-0.39, 0.29) is 0 Å². The van der Waals surface area contributed by atoms with Crippen LogP contribution in [-0.2, 0) is 23.1 Å². The van der Waals surface area contributed by atoms with Crippen molar-refractivity contribution >= 4 is 5.82 Å². The van der Waals surface area contributed by atoms with E-state index in [9.17, 15) is 0 Å². The van der Waals surface area contributed by atoms with E-state index in [4.69, 9.17) is 14.6 Å². The molecule has 3 saturated heterocycles. The van der Waals surface area contributed by atoms with E-state index in [0.717, 1.165) is 71.2 Å². The summed E-state index contributed by atoms with van der Waals surface area (Å²) in [5, 5.41) is 4.74. The van der Waals surface area contributed by atoms with E-state index in [1.165, 1.54) is 11.4 Å². The maximum absolute atomic E-state index is 6.06. The number of morpholine rings is 2. The summed E-state index contributed by atoms with van der Waals surface area (Å²) >= 11 is 0. The molecule has 3 fully saturated rings. The number of aryl methyl sites for hydroxylation is 2. The van der Waals surface area contributed by atoms with E-state index in [2.05, 4.69) is 40.4 Å². The van der Waals surface area contributed by atoms with Crippen molar-refractivity contribution in [1.29, 1.82) is 0 Å². The molecule has 0 amide bonds. The van der Waals surface area contributed by atoms with Crippen molar-refractivity contribution in [2.75, 3.05) is 64.5 Å². The first-order chi connectivity index (χ1) is 12.1. The highest BCUT2D eigenvalue weighted by Gasteiger charge is 2.37. The average molecular weight is 349 g/mol. The van der Waals surface area contributed by atoms with Gasteiger partial charge in [-0.25, -0.2) is 0 Å². The molecule has 0 unspecified atom stereocenters. The Morgan fingerprint density at radius 2 is 1.88 bits per heavy atom. The molecule has 0 spiro atoms. The van der Waals surface area contributed by atoms with E-state index >= 15 is 0 Å². The van der Waals surface area contributed by atoms with Crippen LogP contribution in [0.15, 0.2) is 0 Å². The second kappa shape index (κ2) is 7.23. The van der Waals surface area contributed by atoms with Gasteiger partial charge in [0, 0.05) is 57.9 Å². The first-order valence-electron chi connectivity index (χ1n) is 9.53. The highest BCUT2D eigenvalue weighted by Crippen LogP contribution is 2.29. The molecule has 0 saturated carbocycles. The van der Waals surface area contributed by atoms with E-state index in [0.29, 0.717) is 12.1 Å². The van der Waals surface area contributed by atoms with Crippen LogP contribution in [0.3, 0.4) is 0 Å². The molecule has 2 atom stereocenters. The third-order valence-electron chi connectivity index (χ3n) is 5.89. The third-order valence-corrected chi connectivity index (χ3v) is 5.89. The number of anilines is 1. The Hall–Kier alpha value is -1.15. The van der Waals surface area contributed by atoms with E-state index in [1.54, 1.807) is 0 Å². The van der Waals surface area contributed by atoms with Crippen LogP contribution in [0.25, 0.3) is 0 Å². The number of fused-ring (bicyclic) bond motifs is 1. The smallest absolute Gasteiger partial charge is 0.131 e. The molecule has 0 aromatic carbocycles. The molecule has 140 valence electrons. The minimum absolute atomic E-state index is 0.383. The number of nitrogens with zero attached hydrogens (tertiary/aromatic N) is 5. The van der Waals surface area contributed by atoms with Crippen molar-refractivity contribution in [3.05, 3.63) is 11.3 Å². The Bertz CT molecular complexity index is 599. The lowest BCUT2D eigenvalue weighted by atomic mass is 9.98. The number of ether oxygens (including phenoxy) is 2. The zero-order chi connectivity index (χ0) is 17.4. The fraction of sp³-hybridized carbons (Fsp3) is 0.833. The molecule has 3 aliphatic heterocycles. The Morgan fingerprint density at radius 1 is 1.08 bits per heavy atom. The summed E-state index contributed by atoms with van der Waals surface area (Å²) in [6.07, 6.45) is 1.52. The van der Waals surface area contributed by atoms with Gasteiger partial charge in [-0.2, -0.15) is 5.10 Å². The van der Waals surface area contributed by atoms with E-state index in [1.807, 2.05) is 0 Å². The van der Waals surface area contributed by atoms with Crippen molar-refractivity contribution in [3.63, 3.8) is 0 Å². The summed E-state index contributed by atoms with van der Waals surface area (Å²) in [6.45, 7) is 10.7. The molecule has 25 heavy (non-hydrogen) atoms. The highest BCUT2D eigenvalue weighted by molar-refractivity contribution is 5.50. The summed E-state index contributed by atoms with van der Waals surface area (Å²) in [4.78, 5) is 7.49. The van der Waals surface area contributed by atoms with Crippen LogP contribution < -0.4 is 4.90 Å². The predicted molar refractivity (Wildman–Crippen MR) is 97.0 cm³/mol. The van der Waals surface area contributed by atoms with Gasteiger partial charge < -0.3 is 19.3 Å². The van der Waals surface area contributed by atoms with Gasteiger partial charge in [-0.05, 0) is 20.4 Å². The first kappa shape index (κ1) is 17.3. The maximum atomic E-state index is 6.06. The second-order valence-electron chi connectivity index (χ2n) is 7.61. The molecule has 7 heteroatoms. The Kier molecular flexibility index (Phi) is 4.99. The number of hydrogen-bond acceptors (Lipinski definition) is 6. The summed E-state index contributed by atoms with van der Waals surface area (Å²) in [7, 11) is 4.29. The van der Waals surface area contributed by atoms with Crippen molar-refractivity contribution in [2.24, 2.45) is 7.05 Å². The Labute approximate surface area is 150 Å². The van der Waals surface area contributed by atoms with Crippen LogP contribution in [0, 0.1) is 6.92 Å². The zero-order valence-corrected chi connectivity index (χ0v) is 15.8. The fourth-order valence-corrected chi connectivity index (χ4v) is 4.55. The summed E-state index contributed by atoms with van der Waals surface area (Å²) in [6, 6.07) is 0.490. The van der Waals surface area contributed by atoms with Gasteiger partial charge in [0.15, 0.2) is 0 Å². The monoisotopic (exact) mass is 349 g/mol. The number of likely N-dealkylation sites (N-methyl/N-ethyl adjacent to an activating group) is 1. The standard InChI is InChI=1S/C18H31N5O2/c1-14-15(18(21(3)19-14)22-6-9-24-10-7-22)12-23-8-11-25-17-4-5-20(2)13-16(17)23/h16-17H,4-13H2,1-3H3/t16-,17+/m1/s1. The van der Waals surface area contributed by atoms with Crippen molar-refractivity contribution in [2.45, 2.75) is 32.0 Å².